The summed E-state index contributed by atoms with van der Waals surface area (Å²) in [5.74, 6) is 5.42. The Morgan fingerprint density at radius 2 is 1.52 bits per heavy atom. The Labute approximate surface area is 152 Å². The standard InChI is InChI=1S/C23H16ClF/c1-2-3-17-4-9-19(10-5-17)20-11-6-18(7-12-20)8-13-21-14-15-22(24)16-23(21)25/h2,4-7,9-12,14-16H,1,3H2. The monoisotopic (exact) mass is 346 g/mol. The fraction of sp³-hybridized carbons (Fsp3) is 0.0435. The van der Waals surface area contributed by atoms with Gasteiger partial charge in [-0.1, -0.05) is 65.9 Å². The van der Waals surface area contributed by atoms with E-state index in [9.17, 15) is 4.39 Å². The smallest absolute Gasteiger partial charge is 0.140 e. The van der Waals surface area contributed by atoms with Gasteiger partial charge in [-0.25, -0.2) is 4.39 Å². The van der Waals surface area contributed by atoms with Gasteiger partial charge in [-0.2, -0.15) is 0 Å². The average Bonchev–Trinajstić information content (AvgIpc) is 2.62. The normalized spacial score (nSPS) is 10.0. The molecule has 0 aliphatic rings. The van der Waals surface area contributed by atoms with Crippen molar-refractivity contribution in [2.24, 2.45) is 0 Å². The lowest BCUT2D eigenvalue weighted by Crippen LogP contribution is -1.84. The third-order valence-electron chi connectivity index (χ3n) is 3.82. The highest BCUT2D eigenvalue weighted by Gasteiger charge is 2.00. The molecule has 0 heterocycles. The molecule has 0 nitrogen and oxygen atoms in total. The van der Waals surface area contributed by atoms with Crippen LogP contribution in [0.4, 0.5) is 4.39 Å². The van der Waals surface area contributed by atoms with Crippen molar-refractivity contribution in [3.05, 3.63) is 107 Å². The Bertz CT molecular complexity index is 942. The lowest BCUT2D eigenvalue weighted by molar-refractivity contribution is 0.624. The van der Waals surface area contributed by atoms with E-state index < -0.39 is 5.82 Å². The second-order valence-corrected chi connectivity index (χ2v) is 6.08. The van der Waals surface area contributed by atoms with E-state index in [1.807, 2.05) is 30.3 Å². The zero-order valence-corrected chi connectivity index (χ0v) is 14.4. The molecule has 3 aromatic rings. The first-order chi connectivity index (χ1) is 12.2. The molecule has 0 atom stereocenters. The molecule has 0 saturated carbocycles. The Kier molecular flexibility index (Phi) is 5.33. The highest BCUT2D eigenvalue weighted by Crippen LogP contribution is 2.20. The zero-order chi connectivity index (χ0) is 17.6. The highest BCUT2D eigenvalue weighted by atomic mass is 35.5. The topological polar surface area (TPSA) is 0 Å². The second kappa shape index (κ2) is 7.83. The summed E-state index contributed by atoms with van der Waals surface area (Å²) in [6, 6.07) is 20.8. The van der Waals surface area contributed by atoms with E-state index in [1.54, 1.807) is 12.1 Å². The molecule has 0 N–H and O–H groups in total. The SMILES string of the molecule is C=CCc1ccc(-c2ccc(C#Cc3ccc(Cl)cc3F)cc2)cc1. The van der Waals surface area contributed by atoms with E-state index in [2.05, 4.69) is 42.7 Å². The first-order valence-corrected chi connectivity index (χ1v) is 8.31. The van der Waals surface area contributed by atoms with Crippen LogP contribution < -0.4 is 0 Å². The van der Waals surface area contributed by atoms with Crippen LogP contribution in [-0.4, -0.2) is 0 Å². The van der Waals surface area contributed by atoms with Gasteiger partial charge < -0.3 is 0 Å². The van der Waals surface area contributed by atoms with Crippen molar-refractivity contribution in [3.8, 4) is 23.0 Å². The molecule has 0 aliphatic heterocycles. The molecule has 0 radical (unpaired) electrons. The lowest BCUT2D eigenvalue weighted by Gasteiger charge is -2.03. The predicted octanol–water partition coefficient (Wildman–Crippen LogP) is 6.27. The Morgan fingerprint density at radius 3 is 2.12 bits per heavy atom. The molecule has 0 bridgehead atoms. The molecule has 3 rings (SSSR count). The van der Waals surface area contributed by atoms with E-state index in [4.69, 9.17) is 11.6 Å². The predicted molar refractivity (Wildman–Crippen MR) is 103 cm³/mol. The van der Waals surface area contributed by atoms with Gasteiger partial charge in [0.2, 0.25) is 0 Å². The van der Waals surface area contributed by atoms with Gasteiger partial charge in [-0.3, -0.25) is 0 Å². The maximum atomic E-state index is 13.7. The molecule has 2 heteroatoms. The summed E-state index contributed by atoms with van der Waals surface area (Å²) in [5, 5.41) is 0.367. The van der Waals surface area contributed by atoms with Crippen molar-refractivity contribution in [3.63, 3.8) is 0 Å². The molecule has 0 saturated heterocycles. The number of hydrogen-bond acceptors (Lipinski definition) is 0. The summed E-state index contributed by atoms with van der Waals surface area (Å²) in [5.41, 5.74) is 4.68. The van der Waals surface area contributed by atoms with Crippen LogP contribution >= 0.6 is 11.6 Å². The number of rotatable bonds is 3. The van der Waals surface area contributed by atoms with Crippen molar-refractivity contribution < 1.29 is 4.39 Å². The minimum atomic E-state index is -0.406. The fourth-order valence-corrected chi connectivity index (χ4v) is 2.64. The van der Waals surface area contributed by atoms with Crippen molar-refractivity contribution in [2.75, 3.05) is 0 Å². The van der Waals surface area contributed by atoms with Gasteiger partial charge in [0.05, 0.1) is 5.56 Å². The van der Waals surface area contributed by atoms with E-state index in [0.29, 0.717) is 10.6 Å². The highest BCUT2D eigenvalue weighted by molar-refractivity contribution is 6.30. The third kappa shape index (κ3) is 4.38. The molecular formula is C23H16ClF. The molecular weight excluding hydrogens is 331 g/mol. The molecule has 0 unspecified atom stereocenters. The van der Waals surface area contributed by atoms with Crippen LogP contribution in [0, 0.1) is 17.7 Å². The van der Waals surface area contributed by atoms with Crippen LogP contribution in [0.1, 0.15) is 16.7 Å². The van der Waals surface area contributed by atoms with Crippen LogP contribution in [0.2, 0.25) is 5.02 Å². The maximum absolute atomic E-state index is 13.7. The van der Waals surface area contributed by atoms with E-state index >= 15 is 0 Å². The fourth-order valence-electron chi connectivity index (χ4n) is 2.48. The molecule has 0 amide bonds. The van der Waals surface area contributed by atoms with Crippen molar-refractivity contribution in [1.82, 2.24) is 0 Å². The van der Waals surface area contributed by atoms with Crippen molar-refractivity contribution >= 4 is 11.6 Å². The molecule has 25 heavy (non-hydrogen) atoms. The Hall–Kier alpha value is -2.82. The summed E-state index contributed by atoms with van der Waals surface area (Å²) < 4.78 is 13.7. The molecule has 0 spiro atoms. The van der Waals surface area contributed by atoms with Gasteiger partial charge in [0, 0.05) is 10.6 Å². The van der Waals surface area contributed by atoms with Gasteiger partial charge in [-0.15, -0.1) is 6.58 Å². The lowest BCUT2D eigenvalue weighted by atomic mass is 10.0. The number of allylic oxidation sites excluding steroid dienone is 1. The van der Waals surface area contributed by atoms with Gasteiger partial charge in [0.15, 0.2) is 0 Å². The molecule has 0 fully saturated rings. The number of benzene rings is 3. The van der Waals surface area contributed by atoms with Gasteiger partial charge in [0.25, 0.3) is 0 Å². The van der Waals surface area contributed by atoms with Crippen molar-refractivity contribution in [1.29, 1.82) is 0 Å². The third-order valence-corrected chi connectivity index (χ3v) is 4.06. The first kappa shape index (κ1) is 17.0. The molecule has 0 aliphatic carbocycles. The minimum absolute atomic E-state index is 0.339. The minimum Gasteiger partial charge on any atom is -0.206 e. The number of hydrogen-bond donors (Lipinski definition) is 0. The van der Waals surface area contributed by atoms with Gasteiger partial charge in [-0.05, 0) is 53.4 Å². The van der Waals surface area contributed by atoms with E-state index in [0.717, 1.165) is 23.1 Å². The summed E-state index contributed by atoms with van der Waals surface area (Å²) in [6.45, 7) is 3.75. The molecule has 0 aromatic heterocycles. The summed E-state index contributed by atoms with van der Waals surface area (Å²) in [4.78, 5) is 0. The Balaban J connectivity index is 1.78. The molecule has 3 aromatic carbocycles. The first-order valence-electron chi connectivity index (χ1n) is 7.93. The van der Waals surface area contributed by atoms with E-state index in [-0.39, 0.29) is 0 Å². The van der Waals surface area contributed by atoms with Gasteiger partial charge in [0.1, 0.15) is 5.82 Å². The van der Waals surface area contributed by atoms with Gasteiger partial charge >= 0.3 is 0 Å². The average molecular weight is 347 g/mol. The Morgan fingerprint density at radius 1 is 0.880 bits per heavy atom. The van der Waals surface area contributed by atoms with Crippen LogP contribution in [0.5, 0.6) is 0 Å². The van der Waals surface area contributed by atoms with Crippen molar-refractivity contribution in [2.45, 2.75) is 6.42 Å². The summed E-state index contributed by atoms with van der Waals surface area (Å²) in [7, 11) is 0. The van der Waals surface area contributed by atoms with Crippen LogP contribution in [0.15, 0.2) is 79.4 Å². The van der Waals surface area contributed by atoms with Crippen LogP contribution in [0.3, 0.4) is 0 Å². The van der Waals surface area contributed by atoms with Crippen LogP contribution in [0.25, 0.3) is 11.1 Å². The van der Waals surface area contributed by atoms with Crippen LogP contribution in [-0.2, 0) is 6.42 Å². The largest absolute Gasteiger partial charge is 0.206 e. The second-order valence-electron chi connectivity index (χ2n) is 5.64. The quantitative estimate of drug-likeness (QED) is 0.387. The maximum Gasteiger partial charge on any atom is 0.140 e. The summed E-state index contributed by atoms with van der Waals surface area (Å²) in [6.07, 6.45) is 2.77. The summed E-state index contributed by atoms with van der Waals surface area (Å²) >= 11 is 5.74. The van der Waals surface area contributed by atoms with E-state index in [1.165, 1.54) is 11.6 Å². The number of halogens is 2. The zero-order valence-electron chi connectivity index (χ0n) is 13.6. The molecule has 122 valence electrons.